The van der Waals surface area contributed by atoms with Crippen LogP contribution in [0.4, 0.5) is 34.1 Å². The first-order valence-electron chi connectivity index (χ1n) is 24.3. The van der Waals surface area contributed by atoms with Crippen LogP contribution in [0.3, 0.4) is 0 Å². The molecule has 4 heteroatoms. The quantitative estimate of drug-likeness (QED) is 0.160. The summed E-state index contributed by atoms with van der Waals surface area (Å²) < 4.78 is 2.70. The maximum atomic E-state index is 2.72. The zero-order valence-corrected chi connectivity index (χ0v) is 41.5. The third kappa shape index (κ3) is 5.50. The second kappa shape index (κ2) is 12.8. The first-order chi connectivity index (χ1) is 30.1. The highest BCUT2D eigenvalue weighted by atomic mass is 32.1. The highest BCUT2D eigenvalue weighted by molar-refractivity contribution is 7.26. The van der Waals surface area contributed by atoms with E-state index in [0.717, 1.165) is 6.42 Å². The van der Waals surface area contributed by atoms with Gasteiger partial charge in [-0.25, -0.2) is 0 Å². The number of fused-ring (bicyclic) bond motifs is 10. The maximum Gasteiger partial charge on any atom is 0.252 e. The van der Waals surface area contributed by atoms with Gasteiger partial charge in [0.1, 0.15) is 0 Å². The van der Waals surface area contributed by atoms with Crippen LogP contribution >= 0.6 is 11.3 Å². The van der Waals surface area contributed by atoms with Gasteiger partial charge in [-0.15, -0.1) is 11.3 Å². The largest absolute Gasteiger partial charge is 0.311 e. The fourth-order valence-corrected chi connectivity index (χ4v) is 15.0. The molecule has 12 rings (SSSR count). The van der Waals surface area contributed by atoms with Crippen LogP contribution in [0.1, 0.15) is 154 Å². The molecule has 0 saturated heterocycles. The second-order valence-electron chi connectivity index (χ2n) is 24.7. The maximum absolute atomic E-state index is 2.72. The summed E-state index contributed by atoms with van der Waals surface area (Å²) >= 11 is 1.95. The molecule has 0 N–H and O–H groups in total. The fourth-order valence-electron chi connectivity index (χ4n) is 13.8. The lowest BCUT2D eigenvalue weighted by Gasteiger charge is -2.48. The summed E-state index contributed by atoms with van der Waals surface area (Å²) in [5.41, 5.74) is 23.2. The fraction of sp³-hybridized carbons (Fsp3) is 0.400. The van der Waals surface area contributed by atoms with E-state index in [1.54, 1.807) is 0 Å². The third-order valence-electron chi connectivity index (χ3n) is 17.4. The van der Waals surface area contributed by atoms with Crippen molar-refractivity contribution in [2.75, 3.05) is 9.80 Å². The van der Waals surface area contributed by atoms with Crippen molar-refractivity contribution in [3.63, 3.8) is 0 Å². The van der Waals surface area contributed by atoms with E-state index in [2.05, 4.69) is 197 Å². The van der Waals surface area contributed by atoms with Crippen LogP contribution in [-0.4, -0.2) is 6.71 Å². The lowest BCUT2D eigenvalue weighted by atomic mass is 9.33. The lowest BCUT2D eigenvalue weighted by Crippen LogP contribution is -2.62. The van der Waals surface area contributed by atoms with Crippen LogP contribution < -0.4 is 26.2 Å². The van der Waals surface area contributed by atoms with Crippen LogP contribution in [0.5, 0.6) is 0 Å². The topological polar surface area (TPSA) is 6.48 Å². The van der Waals surface area contributed by atoms with Crippen molar-refractivity contribution in [2.45, 2.75) is 155 Å². The molecule has 1 aromatic heterocycles. The average Bonchev–Trinajstić information content (AvgIpc) is 3.70. The molecule has 0 saturated carbocycles. The smallest absolute Gasteiger partial charge is 0.252 e. The Morgan fingerprint density at radius 2 is 0.938 bits per heavy atom. The van der Waals surface area contributed by atoms with Crippen LogP contribution in [0.15, 0.2) is 97.1 Å². The van der Waals surface area contributed by atoms with Crippen molar-refractivity contribution in [3.8, 4) is 0 Å². The molecule has 64 heavy (non-hydrogen) atoms. The van der Waals surface area contributed by atoms with Crippen molar-refractivity contribution in [1.82, 2.24) is 0 Å². The molecule has 3 heterocycles. The van der Waals surface area contributed by atoms with E-state index in [9.17, 15) is 0 Å². The number of anilines is 6. The Balaban J connectivity index is 1.22. The third-order valence-corrected chi connectivity index (χ3v) is 18.6. The first kappa shape index (κ1) is 40.7. The van der Waals surface area contributed by atoms with Crippen molar-refractivity contribution >= 4 is 88.7 Å². The van der Waals surface area contributed by atoms with Gasteiger partial charge in [0.05, 0.1) is 10.4 Å². The predicted molar refractivity (Wildman–Crippen MR) is 279 cm³/mol. The Labute approximate surface area is 387 Å². The lowest BCUT2D eigenvalue weighted by molar-refractivity contribution is 0.332. The van der Waals surface area contributed by atoms with Gasteiger partial charge in [-0.2, -0.15) is 0 Å². The van der Waals surface area contributed by atoms with E-state index in [0.29, 0.717) is 0 Å². The van der Waals surface area contributed by atoms with E-state index < -0.39 is 0 Å². The monoisotopic (exact) mass is 856 g/mol. The number of aryl methyl sites for hydroxylation is 1. The second-order valence-corrected chi connectivity index (χ2v) is 25.7. The average molecular weight is 857 g/mol. The van der Waals surface area contributed by atoms with E-state index in [-0.39, 0.29) is 39.2 Å². The zero-order valence-electron chi connectivity index (χ0n) is 40.7. The molecule has 5 aliphatic rings. The van der Waals surface area contributed by atoms with Gasteiger partial charge in [0.15, 0.2) is 0 Å². The Hall–Kier alpha value is -4.80. The number of nitrogens with zero attached hydrogens (tertiary/aromatic N) is 2. The van der Waals surface area contributed by atoms with E-state index in [4.69, 9.17) is 0 Å². The van der Waals surface area contributed by atoms with Crippen molar-refractivity contribution in [3.05, 3.63) is 136 Å². The van der Waals surface area contributed by atoms with Crippen molar-refractivity contribution in [2.24, 2.45) is 0 Å². The van der Waals surface area contributed by atoms with Gasteiger partial charge in [-0.3, -0.25) is 0 Å². The summed E-state index contributed by atoms with van der Waals surface area (Å²) in [6.45, 7) is 32.2. The minimum absolute atomic E-state index is 0.0614. The SMILES string of the molecule is Cc1cc2c3c(c1)N(c1cccc4c1sc1ccccc14)c1cc4c(cc1B3c1cc3c(cc1N2c1ccc2c(c1)C(C)(C)CCC2(C)C)C(C)(C)CCC3(C)C)C(C)(C)CC4(C)C. The summed E-state index contributed by atoms with van der Waals surface area (Å²) in [6.07, 6.45) is 5.92. The number of hydrogen-bond acceptors (Lipinski definition) is 3. The van der Waals surface area contributed by atoms with Gasteiger partial charge in [-0.1, -0.05) is 132 Å². The molecule has 0 atom stereocenters. The molecule has 7 aromatic rings. The summed E-state index contributed by atoms with van der Waals surface area (Å²) in [4.78, 5) is 5.43. The van der Waals surface area contributed by atoms with Crippen LogP contribution in [0.2, 0.25) is 0 Å². The van der Waals surface area contributed by atoms with Gasteiger partial charge in [-0.05, 0) is 175 Å². The van der Waals surface area contributed by atoms with E-state index in [1.807, 2.05) is 11.3 Å². The molecule has 0 amide bonds. The van der Waals surface area contributed by atoms with Gasteiger partial charge < -0.3 is 9.80 Å². The van der Waals surface area contributed by atoms with Gasteiger partial charge in [0, 0.05) is 43.9 Å². The summed E-state index contributed by atoms with van der Waals surface area (Å²) in [6, 6.07) is 39.4. The Morgan fingerprint density at radius 1 is 0.438 bits per heavy atom. The molecule has 324 valence electrons. The molecule has 3 aliphatic carbocycles. The van der Waals surface area contributed by atoms with Crippen LogP contribution in [0.25, 0.3) is 20.2 Å². The molecular weight excluding hydrogens is 792 g/mol. The molecular formula is C60H65BN2S. The highest BCUT2D eigenvalue weighted by Crippen LogP contribution is 2.56. The Bertz CT molecular complexity index is 3190. The summed E-state index contributed by atoms with van der Waals surface area (Å²) in [5, 5.41) is 2.69. The van der Waals surface area contributed by atoms with Crippen LogP contribution in [0, 0.1) is 6.92 Å². The number of thiophene rings is 1. The van der Waals surface area contributed by atoms with Crippen molar-refractivity contribution in [1.29, 1.82) is 0 Å². The highest BCUT2D eigenvalue weighted by Gasteiger charge is 2.50. The molecule has 0 radical (unpaired) electrons. The number of benzene rings is 6. The van der Waals surface area contributed by atoms with Crippen molar-refractivity contribution < 1.29 is 0 Å². The summed E-state index contributed by atoms with van der Waals surface area (Å²) in [7, 11) is 0. The Morgan fingerprint density at radius 3 is 1.58 bits per heavy atom. The predicted octanol–water partition coefficient (Wildman–Crippen LogP) is 15.1. The zero-order chi connectivity index (χ0) is 44.8. The standard InChI is InChI=1S/C60H65BN2S/c1-35-27-50-53-51(28-35)63(47-19-16-18-38-37-17-14-15-20-52(37)64-54(38)47)49-33-44-42(59(10,11)34-60(44,12)13)31-46(49)61(53)45-30-41-43(58(8,9)26-25-57(41,6)7)32-48(45)62(50)36-21-22-39-40(29-36)56(4,5)24-23-55(39,2)3/h14-22,27-33H,23-26,34H2,1-13H3. The summed E-state index contributed by atoms with van der Waals surface area (Å²) in [5.74, 6) is 0. The van der Waals surface area contributed by atoms with E-state index >= 15 is 0 Å². The van der Waals surface area contributed by atoms with Gasteiger partial charge in [0.2, 0.25) is 0 Å². The van der Waals surface area contributed by atoms with Crippen LogP contribution in [-0.2, 0) is 32.5 Å². The molecule has 0 spiro atoms. The Kier molecular flexibility index (Phi) is 8.11. The van der Waals surface area contributed by atoms with Gasteiger partial charge >= 0.3 is 0 Å². The molecule has 0 fully saturated rings. The first-order valence-corrected chi connectivity index (χ1v) is 25.1. The molecule has 0 bridgehead atoms. The minimum Gasteiger partial charge on any atom is -0.311 e. The normalized spacial score (nSPS) is 20.9. The minimum atomic E-state index is 0.0614. The number of hydrogen-bond donors (Lipinski definition) is 0. The number of rotatable bonds is 2. The molecule has 6 aromatic carbocycles. The molecule has 0 unspecified atom stereocenters. The van der Waals surface area contributed by atoms with E-state index in [1.165, 1.54) is 135 Å². The van der Waals surface area contributed by atoms with Gasteiger partial charge in [0.25, 0.3) is 6.71 Å². The molecule has 2 aliphatic heterocycles. The molecule has 2 nitrogen and oxygen atoms in total.